The molecule has 24 heavy (non-hydrogen) atoms. The number of unbranched alkanes of at least 4 members (excludes halogenated alkanes) is 3. The molecular weight excluding hydrogens is 292 g/mol. The van der Waals surface area contributed by atoms with Gasteiger partial charge in [-0.05, 0) is 53.2 Å². The quantitative estimate of drug-likeness (QED) is 0.472. The highest BCUT2D eigenvalue weighted by molar-refractivity contribution is 5.41. The molecule has 1 aromatic carbocycles. The predicted octanol–water partition coefficient (Wildman–Crippen LogP) is 7.26. The van der Waals surface area contributed by atoms with Gasteiger partial charge in [0.05, 0.1) is 0 Å². The first-order chi connectivity index (χ1) is 11.0. The molecule has 1 aromatic rings. The molecule has 0 aromatic heterocycles. The molecular formula is C23H40O. The summed E-state index contributed by atoms with van der Waals surface area (Å²) in [5.74, 6) is 1.28. The molecule has 0 bridgehead atoms. The van der Waals surface area contributed by atoms with E-state index in [1.807, 2.05) is 6.07 Å². The number of benzene rings is 1. The van der Waals surface area contributed by atoms with Gasteiger partial charge in [0.25, 0.3) is 0 Å². The lowest BCUT2D eigenvalue weighted by Gasteiger charge is -2.33. The molecule has 1 rings (SSSR count). The standard InChI is InChI=1S/C23H40O/c1-18(2)12-10-8-9-11-13-19-14-15-21(24)20(16-19)23(6,7)17-22(3,4)5/h14-16,18,24H,8-13,17H2,1-7H3. The first-order valence-electron chi connectivity index (χ1n) is 9.84. The minimum absolute atomic E-state index is 0.00436. The highest BCUT2D eigenvalue weighted by atomic mass is 16.3. The van der Waals surface area contributed by atoms with Gasteiger partial charge in [0.2, 0.25) is 0 Å². The molecule has 0 saturated carbocycles. The second-order valence-corrected chi connectivity index (χ2v) is 9.82. The van der Waals surface area contributed by atoms with E-state index in [2.05, 4.69) is 60.6 Å². The van der Waals surface area contributed by atoms with Crippen LogP contribution in [-0.4, -0.2) is 5.11 Å². The van der Waals surface area contributed by atoms with Crippen molar-refractivity contribution in [2.45, 2.75) is 98.8 Å². The van der Waals surface area contributed by atoms with Crippen LogP contribution in [0.4, 0.5) is 0 Å². The van der Waals surface area contributed by atoms with E-state index in [9.17, 15) is 5.11 Å². The molecule has 0 spiro atoms. The topological polar surface area (TPSA) is 20.2 Å². The highest BCUT2D eigenvalue weighted by Gasteiger charge is 2.29. The van der Waals surface area contributed by atoms with Crippen LogP contribution in [0.3, 0.4) is 0 Å². The van der Waals surface area contributed by atoms with E-state index in [-0.39, 0.29) is 10.8 Å². The number of hydrogen-bond donors (Lipinski definition) is 1. The first-order valence-corrected chi connectivity index (χ1v) is 9.84. The van der Waals surface area contributed by atoms with Crippen LogP contribution in [0.2, 0.25) is 0 Å². The van der Waals surface area contributed by atoms with Gasteiger partial charge in [-0.1, -0.05) is 86.3 Å². The average Bonchev–Trinajstić information content (AvgIpc) is 2.41. The Hall–Kier alpha value is -0.980. The average molecular weight is 333 g/mol. The van der Waals surface area contributed by atoms with Crippen LogP contribution in [0.5, 0.6) is 5.75 Å². The Morgan fingerprint density at radius 1 is 0.917 bits per heavy atom. The molecule has 0 aliphatic carbocycles. The Kier molecular flexibility index (Phi) is 7.83. The monoisotopic (exact) mass is 332 g/mol. The smallest absolute Gasteiger partial charge is 0.119 e. The molecule has 138 valence electrons. The molecule has 1 heteroatoms. The number of phenols is 1. The molecule has 0 fully saturated rings. The Morgan fingerprint density at radius 2 is 1.54 bits per heavy atom. The van der Waals surface area contributed by atoms with Gasteiger partial charge in [-0.3, -0.25) is 0 Å². The van der Waals surface area contributed by atoms with E-state index in [0.29, 0.717) is 5.75 Å². The molecule has 0 atom stereocenters. The number of phenolic OH excluding ortho intramolecular Hbond substituents is 1. The lowest BCUT2D eigenvalue weighted by atomic mass is 9.71. The van der Waals surface area contributed by atoms with Crippen LogP contribution in [0.15, 0.2) is 18.2 Å². The van der Waals surface area contributed by atoms with Crippen molar-refractivity contribution in [2.24, 2.45) is 11.3 Å². The minimum Gasteiger partial charge on any atom is -0.508 e. The summed E-state index contributed by atoms with van der Waals surface area (Å²) in [7, 11) is 0. The van der Waals surface area contributed by atoms with Crippen LogP contribution in [0.25, 0.3) is 0 Å². The Bertz CT molecular complexity index is 491. The first kappa shape index (κ1) is 21.1. The molecule has 0 radical (unpaired) electrons. The van der Waals surface area contributed by atoms with Gasteiger partial charge in [0, 0.05) is 0 Å². The summed E-state index contributed by atoms with van der Waals surface area (Å²) in [6, 6.07) is 6.24. The molecule has 0 aliphatic rings. The maximum atomic E-state index is 10.4. The molecule has 0 unspecified atom stereocenters. The highest BCUT2D eigenvalue weighted by Crippen LogP contribution is 2.40. The van der Waals surface area contributed by atoms with Gasteiger partial charge in [-0.15, -0.1) is 0 Å². The van der Waals surface area contributed by atoms with Crippen molar-refractivity contribution in [3.05, 3.63) is 29.3 Å². The largest absolute Gasteiger partial charge is 0.508 e. The Labute approximate surface area is 150 Å². The van der Waals surface area contributed by atoms with Crippen LogP contribution < -0.4 is 0 Å². The minimum atomic E-state index is -0.00436. The van der Waals surface area contributed by atoms with E-state index in [1.165, 1.54) is 37.7 Å². The van der Waals surface area contributed by atoms with Gasteiger partial charge in [-0.25, -0.2) is 0 Å². The third-order valence-corrected chi connectivity index (χ3v) is 4.76. The van der Waals surface area contributed by atoms with E-state index < -0.39 is 0 Å². The Balaban J connectivity index is 2.63. The molecule has 0 aliphatic heterocycles. The fourth-order valence-electron chi connectivity index (χ4n) is 3.94. The zero-order valence-corrected chi connectivity index (χ0v) is 17.2. The summed E-state index contributed by atoms with van der Waals surface area (Å²) < 4.78 is 0. The van der Waals surface area contributed by atoms with Crippen molar-refractivity contribution < 1.29 is 5.11 Å². The van der Waals surface area contributed by atoms with Gasteiger partial charge in [0.15, 0.2) is 0 Å². The van der Waals surface area contributed by atoms with Gasteiger partial charge in [0.1, 0.15) is 5.75 Å². The van der Waals surface area contributed by atoms with Crippen LogP contribution in [0, 0.1) is 11.3 Å². The summed E-state index contributed by atoms with van der Waals surface area (Å²) in [4.78, 5) is 0. The summed E-state index contributed by atoms with van der Waals surface area (Å²) in [5, 5.41) is 10.4. The SMILES string of the molecule is CC(C)CCCCCCc1ccc(O)c(C(C)(C)CC(C)(C)C)c1. The van der Waals surface area contributed by atoms with Crippen molar-refractivity contribution in [3.8, 4) is 5.75 Å². The van der Waals surface area contributed by atoms with Crippen molar-refractivity contribution in [2.75, 3.05) is 0 Å². The molecule has 0 saturated heterocycles. The molecule has 0 amide bonds. The maximum absolute atomic E-state index is 10.4. The number of rotatable bonds is 9. The van der Waals surface area contributed by atoms with E-state index >= 15 is 0 Å². The van der Waals surface area contributed by atoms with E-state index in [1.54, 1.807) is 0 Å². The summed E-state index contributed by atoms with van der Waals surface area (Å²) in [6.45, 7) is 15.9. The molecule has 1 nitrogen and oxygen atoms in total. The third-order valence-electron chi connectivity index (χ3n) is 4.76. The predicted molar refractivity (Wildman–Crippen MR) is 107 cm³/mol. The normalized spacial score (nSPS) is 12.8. The van der Waals surface area contributed by atoms with Gasteiger partial charge >= 0.3 is 0 Å². The fourth-order valence-corrected chi connectivity index (χ4v) is 3.94. The second-order valence-electron chi connectivity index (χ2n) is 9.82. The van der Waals surface area contributed by atoms with Crippen LogP contribution in [0.1, 0.15) is 98.1 Å². The zero-order valence-electron chi connectivity index (χ0n) is 17.2. The summed E-state index contributed by atoms with van der Waals surface area (Å²) in [5.41, 5.74) is 2.72. The summed E-state index contributed by atoms with van der Waals surface area (Å²) in [6.07, 6.45) is 8.81. The zero-order chi connectivity index (χ0) is 18.4. The second kappa shape index (κ2) is 8.92. The van der Waals surface area contributed by atoms with Crippen molar-refractivity contribution in [1.29, 1.82) is 0 Å². The lowest BCUT2D eigenvalue weighted by Crippen LogP contribution is -2.25. The molecule has 0 heterocycles. The molecule has 1 N–H and O–H groups in total. The van der Waals surface area contributed by atoms with Crippen molar-refractivity contribution in [3.63, 3.8) is 0 Å². The lowest BCUT2D eigenvalue weighted by molar-refractivity contribution is 0.278. The summed E-state index contributed by atoms with van der Waals surface area (Å²) >= 11 is 0. The third kappa shape index (κ3) is 7.73. The number of aryl methyl sites for hydroxylation is 1. The van der Waals surface area contributed by atoms with Crippen molar-refractivity contribution in [1.82, 2.24) is 0 Å². The Morgan fingerprint density at radius 3 is 2.12 bits per heavy atom. The fraction of sp³-hybridized carbons (Fsp3) is 0.739. The van der Waals surface area contributed by atoms with Crippen LogP contribution in [-0.2, 0) is 11.8 Å². The van der Waals surface area contributed by atoms with E-state index in [4.69, 9.17) is 0 Å². The maximum Gasteiger partial charge on any atom is 0.119 e. The van der Waals surface area contributed by atoms with Crippen molar-refractivity contribution >= 4 is 0 Å². The number of aromatic hydroxyl groups is 1. The van der Waals surface area contributed by atoms with E-state index in [0.717, 1.165) is 24.3 Å². The van der Waals surface area contributed by atoms with Gasteiger partial charge < -0.3 is 5.11 Å². The number of hydrogen-bond acceptors (Lipinski definition) is 1. The van der Waals surface area contributed by atoms with Crippen LogP contribution >= 0.6 is 0 Å². The van der Waals surface area contributed by atoms with Gasteiger partial charge in [-0.2, -0.15) is 0 Å².